The molecule has 3 N–H and O–H groups in total. The Morgan fingerprint density at radius 3 is 2.78 bits per heavy atom. The Hall–Kier alpha value is -1.00. The van der Waals surface area contributed by atoms with Gasteiger partial charge in [0.2, 0.25) is 10.0 Å². The monoisotopic (exact) mass is 359 g/mol. The molecule has 9 heteroatoms. The number of ether oxygens (including phenoxy) is 1. The van der Waals surface area contributed by atoms with Crippen LogP contribution in [0.2, 0.25) is 0 Å². The van der Waals surface area contributed by atoms with Crippen molar-refractivity contribution >= 4 is 27.3 Å². The van der Waals surface area contributed by atoms with E-state index in [2.05, 4.69) is 5.32 Å². The first-order valence-electron chi connectivity index (χ1n) is 7.69. The highest BCUT2D eigenvalue weighted by molar-refractivity contribution is 7.89. The highest BCUT2D eigenvalue weighted by Gasteiger charge is 2.32. The summed E-state index contributed by atoms with van der Waals surface area (Å²) in [6.07, 6.45) is 2.21. The van der Waals surface area contributed by atoms with Crippen LogP contribution >= 0.6 is 11.3 Å². The van der Waals surface area contributed by atoms with Crippen LogP contribution in [-0.4, -0.2) is 57.5 Å². The molecular formula is C14H21N3O4S2. The molecular weight excluding hydrogens is 338 g/mol. The maximum Gasteiger partial charge on any atom is 0.262 e. The molecule has 1 amide bonds. The SMILES string of the molecule is NC(CNC(=O)c1sccc1S(=O)(=O)N1CCOCC1)C1CC1. The van der Waals surface area contributed by atoms with Gasteiger partial charge in [-0.1, -0.05) is 0 Å². The van der Waals surface area contributed by atoms with Gasteiger partial charge >= 0.3 is 0 Å². The summed E-state index contributed by atoms with van der Waals surface area (Å²) < 4.78 is 32.0. The first-order chi connectivity index (χ1) is 11.0. The third-order valence-corrected chi connectivity index (χ3v) is 7.13. The molecule has 2 fully saturated rings. The van der Waals surface area contributed by atoms with E-state index in [-0.39, 0.29) is 21.7 Å². The van der Waals surface area contributed by atoms with Gasteiger partial charge in [0.25, 0.3) is 5.91 Å². The summed E-state index contributed by atoms with van der Waals surface area (Å²) >= 11 is 1.13. The molecule has 0 radical (unpaired) electrons. The van der Waals surface area contributed by atoms with Crippen molar-refractivity contribution in [1.82, 2.24) is 9.62 Å². The number of carbonyl (C=O) groups is 1. The summed E-state index contributed by atoms with van der Waals surface area (Å²) in [6, 6.07) is 1.43. The van der Waals surface area contributed by atoms with Crippen LogP contribution in [0.3, 0.4) is 0 Å². The van der Waals surface area contributed by atoms with Gasteiger partial charge in [0.15, 0.2) is 0 Å². The van der Waals surface area contributed by atoms with Gasteiger partial charge in [0.1, 0.15) is 9.77 Å². The second-order valence-corrected chi connectivity index (χ2v) is 8.66. The first kappa shape index (κ1) is 16.8. The normalized spacial score (nSPS) is 21.1. The topological polar surface area (TPSA) is 102 Å². The van der Waals surface area contributed by atoms with Crippen LogP contribution in [-0.2, 0) is 14.8 Å². The quantitative estimate of drug-likeness (QED) is 0.757. The van der Waals surface area contributed by atoms with E-state index in [0.29, 0.717) is 38.8 Å². The molecule has 23 heavy (non-hydrogen) atoms. The first-order valence-corrected chi connectivity index (χ1v) is 10.0. The van der Waals surface area contributed by atoms with Gasteiger partial charge in [-0.3, -0.25) is 4.79 Å². The summed E-state index contributed by atoms with van der Waals surface area (Å²) in [4.78, 5) is 12.6. The molecule has 1 atom stereocenters. The number of nitrogens with one attached hydrogen (secondary N) is 1. The van der Waals surface area contributed by atoms with E-state index in [9.17, 15) is 13.2 Å². The van der Waals surface area contributed by atoms with E-state index in [4.69, 9.17) is 10.5 Å². The molecule has 2 heterocycles. The van der Waals surface area contributed by atoms with Gasteiger partial charge in [-0.25, -0.2) is 8.42 Å². The average molecular weight is 359 g/mol. The second kappa shape index (κ2) is 6.86. The van der Waals surface area contributed by atoms with Crippen LogP contribution < -0.4 is 11.1 Å². The summed E-state index contributed by atoms with van der Waals surface area (Å²) in [7, 11) is -3.67. The van der Waals surface area contributed by atoms with Gasteiger partial charge in [-0.15, -0.1) is 11.3 Å². The van der Waals surface area contributed by atoms with Crippen LogP contribution in [0, 0.1) is 5.92 Å². The minimum atomic E-state index is -3.67. The molecule has 1 aliphatic heterocycles. The van der Waals surface area contributed by atoms with Crippen molar-refractivity contribution in [2.75, 3.05) is 32.8 Å². The Kier molecular flexibility index (Phi) is 5.02. The lowest BCUT2D eigenvalue weighted by Crippen LogP contribution is -2.42. The maximum absolute atomic E-state index is 12.7. The van der Waals surface area contributed by atoms with Gasteiger partial charge < -0.3 is 15.8 Å². The molecule has 0 aromatic carbocycles. The fourth-order valence-electron chi connectivity index (χ4n) is 2.57. The highest BCUT2D eigenvalue weighted by atomic mass is 32.2. The molecule has 1 saturated carbocycles. The third-order valence-electron chi connectivity index (χ3n) is 4.15. The number of nitrogens with zero attached hydrogens (tertiary/aromatic N) is 1. The molecule has 1 aliphatic carbocycles. The lowest BCUT2D eigenvalue weighted by Gasteiger charge is -2.26. The van der Waals surface area contributed by atoms with E-state index in [1.54, 1.807) is 5.38 Å². The molecule has 0 spiro atoms. The molecule has 1 aromatic heterocycles. The van der Waals surface area contributed by atoms with E-state index in [1.165, 1.54) is 10.4 Å². The number of nitrogens with two attached hydrogens (primary N) is 1. The number of thiophene rings is 1. The Balaban J connectivity index is 1.71. The Labute approximate surface area is 139 Å². The van der Waals surface area contributed by atoms with Crippen LogP contribution in [0.25, 0.3) is 0 Å². The Bertz CT molecular complexity index is 663. The van der Waals surface area contributed by atoms with Crippen molar-refractivity contribution in [2.45, 2.75) is 23.8 Å². The average Bonchev–Trinajstić information content (AvgIpc) is 3.29. The highest BCUT2D eigenvalue weighted by Crippen LogP contribution is 2.31. The summed E-state index contributed by atoms with van der Waals surface area (Å²) in [5.41, 5.74) is 5.97. The third kappa shape index (κ3) is 3.74. The molecule has 1 saturated heterocycles. The molecule has 128 valence electrons. The van der Waals surface area contributed by atoms with E-state index in [1.807, 2.05) is 0 Å². The zero-order chi connectivity index (χ0) is 16.4. The van der Waals surface area contributed by atoms with Gasteiger partial charge in [0.05, 0.1) is 13.2 Å². The molecule has 7 nitrogen and oxygen atoms in total. The number of hydrogen-bond acceptors (Lipinski definition) is 6. The number of sulfonamides is 1. The van der Waals surface area contributed by atoms with Crippen molar-refractivity contribution < 1.29 is 17.9 Å². The second-order valence-electron chi connectivity index (χ2n) is 5.84. The van der Waals surface area contributed by atoms with Gasteiger partial charge in [-0.2, -0.15) is 4.31 Å². The van der Waals surface area contributed by atoms with Crippen LogP contribution in [0.4, 0.5) is 0 Å². The zero-order valence-electron chi connectivity index (χ0n) is 12.7. The van der Waals surface area contributed by atoms with Gasteiger partial charge in [0, 0.05) is 25.7 Å². The zero-order valence-corrected chi connectivity index (χ0v) is 14.4. The molecule has 2 aliphatic rings. The maximum atomic E-state index is 12.7. The van der Waals surface area contributed by atoms with Crippen molar-refractivity contribution in [3.8, 4) is 0 Å². The number of hydrogen-bond donors (Lipinski definition) is 2. The number of carbonyl (C=O) groups excluding carboxylic acids is 1. The lowest BCUT2D eigenvalue weighted by molar-refractivity contribution is 0.0730. The lowest BCUT2D eigenvalue weighted by atomic mass is 10.2. The molecule has 1 unspecified atom stereocenters. The summed E-state index contributed by atoms with van der Waals surface area (Å²) in [6.45, 7) is 1.75. The van der Waals surface area contributed by atoms with E-state index >= 15 is 0 Å². The van der Waals surface area contributed by atoms with Gasteiger partial charge in [-0.05, 0) is 30.2 Å². The van der Waals surface area contributed by atoms with E-state index < -0.39 is 10.0 Å². The Morgan fingerprint density at radius 2 is 2.13 bits per heavy atom. The predicted octanol–water partition coefficient (Wildman–Crippen LogP) is 0.236. The van der Waals surface area contributed by atoms with Crippen molar-refractivity contribution in [1.29, 1.82) is 0 Å². The minimum Gasteiger partial charge on any atom is -0.379 e. The van der Waals surface area contributed by atoms with E-state index in [0.717, 1.165) is 24.2 Å². The molecule has 3 rings (SSSR count). The predicted molar refractivity (Wildman–Crippen MR) is 86.9 cm³/mol. The van der Waals surface area contributed by atoms with Crippen LogP contribution in [0.1, 0.15) is 22.5 Å². The van der Waals surface area contributed by atoms with Crippen molar-refractivity contribution in [2.24, 2.45) is 11.7 Å². The van der Waals surface area contributed by atoms with Crippen LogP contribution in [0.15, 0.2) is 16.3 Å². The standard InChI is InChI=1S/C14H21N3O4S2/c15-11(10-1-2-10)9-16-14(18)13-12(3-8-22-13)23(19,20)17-4-6-21-7-5-17/h3,8,10-11H,1-2,4-7,9,15H2,(H,16,18). The number of rotatable bonds is 6. The summed E-state index contributed by atoms with van der Waals surface area (Å²) in [5.74, 6) is 0.109. The largest absolute Gasteiger partial charge is 0.379 e. The number of amides is 1. The fourth-order valence-corrected chi connectivity index (χ4v) is 5.30. The van der Waals surface area contributed by atoms with Crippen molar-refractivity contribution in [3.63, 3.8) is 0 Å². The van der Waals surface area contributed by atoms with Crippen molar-refractivity contribution in [3.05, 3.63) is 16.3 Å². The number of morpholine rings is 1. The smallest absolute Gasteiger partial charge is 0.262 e. The fraction of sp³-hybridized carbons (Fsp3) is 0.643. The minimum absolute atomic E-state index is 0.0572. The molecule has 1 aromatic rings. The Morgan fingerprint density at radius 1 is 1.43 bits per heavy atom. The molecule has 0 bridgehead atoms. The summed E-state index contributed by atoms with van der Waals surface area (Å²) in [5, 5.41) is 4.39. The van der Waals surface area contributed by atoms with Crippen LogP contribution in [0.5, 0.6) is 0 Å².